The summed E-state index contributed by atoms with van der Waals surface area (Å²) in [5, 5.41) is 4.02. The van der Waals surface area contributed by atoms with Gasteiger partial charge in [-0.15, -0.1) is 0 Å². The third-order valence-electron chi connectivity index (χ3n) is 3.74. The van der Waals surface area contributed by atoms with Crippen LogP contribution in [0.15, 0.2) is 30.5 Å². The van der Waals surface area contributed by atoms with Gasteiger partial charge in [0, 0.05) is 35.2 Å². The molecular weight excluding hydrogens is 250 g/mol. The summed E-state index contributed by atoms with van der Waals surface area (Å²) >= 11 is 0. The largest absolute Gasteiger partial charge is 0.361 e. The number of aromatic amines is 1. The molecule has 1 aromatic carbocycles. The Morgan fingerprint density at radius 3 is 2.70 bits per heavy atom. The van der Waals surface area contributed by atoms with Crippen LogP contribution in [0.1, 0.15) is 24.2 Å². The van der Waals surface area contributed by atoms with Crippen molar-refractivity contribution in [2.45, 2.75) is 19.9 Å². The van der Waals surface area contributed by atoms with E-state index in [1.54, 1.807) is 0 Å². The van der Waals surface area contributed by atoms with Crippen LogP contribution in [0, 0.1) is 5.92 Å². The van der Waals surface area contributed by atoms with Crippen molar-refractivity contribution in [2.75, 3.05) is 20.6 Å². The van der Waals surface area contributed by atoms with E-state index in [2.05, 4.69) is 29.0 Å². The second kappa shape index (κ2) is 6.09. The lowest BCUT2D eigenvalue weighted by atomic mass is 10.0. The van der Waals surface area contributed by atoms with Gasteiger partial charge in [0.2, 0.25) is 0 Å². The number of H-pyrrole nitrogens is 1. The highest BCUT2D eigenvalue weighted by atomic mass is 16.1. The molecule has 0 saturated heterocycles. The normalized spacial score (nSPS) is 13.1. The lowest BCUT2D eigenvalue weighted by Gasteiger charge is -2.28. The van der Waals surface area contributed by atoms with Crippen LogP contribution >= 0.6 is 0 Å². The Hall–Kier alpha value is -1.81. The minimum Gasteiger partial charge on any atom is -0.361 e. The van der Waals surface area contributed by atoms with Crippen LogP contribution in [0.5, 0.6) is 0 Å². The monoisotopic (exact) mass is 273 g/mol. The maximum Gasteiger partial charge on any atom is 0.252 e. The van der Waals surface area contributed by atoms with Gasteiger partial charge in [-0.05, 0) is 38.2 Å². The molecule has 1 atom stereocenters. The number of amides is 1. The van der Waals surface area contributed by atoms with Crippen molar-refractivity contribution in [1.82, 2.24) is 15.2 Å². The summed E-state index contributed by atoms with van der Waals surface area (Å²) in [7, 11) is 4.09. The number of carbonyl (C=O) groups is 1. The molecule has 4 nitrogen and oxygen atoms in total. The van der Waals surface area contributed by atoms with Crippen molar-refractivity contribution in [3.05, 3.63) is 36.0 Å². The number of benzene rings is 1. The van der Waals surface area contributed by atoms with Crippen LogP contribution < -0.4 is 5.32 Å². The quantitative estimate of drug-likeness (QED) is 0.879. The number of nitrogens with one attached hydrogen (secondary N) is 2. The molecular formula is C16H23N3O. The first-order valence-corrected chi connectivity index (χ1v) is 7.01. The van der Waals surface area contributed by atoms with E-state index in [0.717, 1.165) is 16.5 Å². The van der Waals surface area contributed by atoms with Crippen molar-refractivity contribution >= 4 is 16.8 Å². The van der Waals surface area contributed by atoms with Gasteiger partial charge in [-0.25, -0.2) is 0 Å². The highest BCUT2D eigenvalue weighted by molar-refractivity contribution is 6.06. The highest BCUT2D eigenvalue weighted by Gasteiger charge is 2.17. The number of hydrogen-bond donors (Lipinski definition) is 2. The Morgan fingerprint density at radius 2 is 2.05 bits per heavy atom. The fourth-order valence-corrected chi connectivity index (χ4v) is 2.59. The SMILES string of the molecule is CC(C)C(CNC(=O)c1cccc2[nH]ccc12)N(C)C. The Morgan fingerprint density at radius 1 is 1.30 bits per heavy atom. The molecule has 2 rings (SSSR count). The summed E-state index contributed by atoms with van der Waals surface area (Å²) < 4.78 is 0. The van der Waals surface area contributed by atoms with E-state index >= 15 is 0 Å². The number of likely N-dealkylation sites (N-methyl/N-ethyl adjacent to an activating group) is 1. The van der Waals surface area contributed by atoms with Gasteiger partial charge in [0.05, 0.1) is 0 Å². The molecule has 0 radical (unpaired) electrons. The van der Waals surface area contributed by atoms with Crippen LogP contribution in [0.3, 0.4) is 0 Å². The van der Waals surface area contributed by atoms with Crippen LogP contribution in [0.2, 0.25) is 0 Å². The molecule has 0 bridgehead atoms. The molecule has 1 amide bonds. The first kappa shape index (κ1) is 14.6. The average Bonchev–Trinajstić information content (AvgIpc) is 2.85. The minimum absolute atomic E-state index is 0.0114. The lowest BCUT2D eigenvalue weighted by molar-refractivity contribution is 0.0936. The molecule has 1 heterocycles. The third-order valence-corrected chi connectivity index (χ3v) is 3.74. The number of aromatic nitrogens is 1. The molecule has 0 spiro atoms. The zero-order chi connectivity index (χ0) is 14.7. The van der Waals surface area contributed by atoms with Crippen molar-refractivity contribution < 1.29 is 4.79 Å². The number of hydrogen-bond acceptors (Lipinski definition) is 2. The van der Waals surface area contributed by atoms with E-state index in [-0.39, 0.29) is 5.91 Å². The average molecular weight is 273 g/mol. The summed E-state index contributed by atoms with van der Waals surface area (Å²) in [5.41, 5.74) is 1.72. The summed E-state index contributed by atoms with van der Waals surface area (Å²) in [6.07, 6.45) is 1.86. The Bertz CT molecular complexity index is 578. The second-order valence-electron chi connectivity index (χ2n) is 5.73. The van der Waals surface area contributed by atoms with Gasteiger partial charge in [0.1, 0.15) is 0 Å². The first-order valence-electron chi connectivity index (χ1n) is 7.01. The fourth-order valence-electron chi connectivity index (χ4n) is 2.59. The van der Waals surface area contributed by atoms with Gasteiger partial charge in [0.15, 0.2) is 0 Å². The van der Waals surface area contributed by atoms with Crippen LogP contribution in [-0.4, -0.2) is 42.5 Å². The smallest absolute Gasteiger partial charge is 0.252 e. The molecule has 20 heavy (non-hydrogen) atoms. The van der Waals surface area contributed by atoms with Crippen LogP contribution in [0.4, 0.5) is 0 Å². The van der Waals surface area contributed by atoms with Crippen molar-refractivity contribution in [3.63, 3.8) is 0 Å². The molecule has 2 N–H and O–H groups in total. The van der Waals surface area contributed by atoms with Gasteiger partial charge in [-0.1, -0.05) is 19.9 Å². The third kappa shape index (κ3) is 3.02. The van der Waals surface area contributed by atoms with Gasteiger partial charge < -0.3 is 15.2 Å². The number of fused-ring (bicyclic) bond motifs is 1. The van der Waals surface area contributed by atoms with Crippen LogP contribution in [0.25, 0.3) is 10.9 Å². The van der Waals surface area contributed by atoms with Crippen molar-refractivity contribution in [3.8, 4) is 0 Å². The summed E-state index contributed by atoms with van der Waals surface area (Å²) in [6.45, 7) is 5.00. The molecule has 0 saturated carbocycles. The zero-order valence-electron chi connectivity index (χ0n) is 12.6. The summed E-state index contributed by atoms with van der Waals surface area (Å²) in [6, 6.07) is 8.02. The Labute approximate surface area is 120 Å². The predicted molar refractivity (Wildman–Crippen MR) is 82.9 cm³/mol. The van der Waals surface area contributed by atoms with E-state index < -0.39 is 0 Å². The van der Waals surface area contributed by atoms with E-state index in [9.17, 15) is 4.79 Å². The Balaban J connectivity index is 2.10. The summed E-state index contributed by atoms with van der Waals surface area (Å²) in [5.74, 6) is 0.482. The molecule has 108 valence electrons. The van der Waals surface area contributed by atoms with Crippen LogP contribution in [-0.2, 0) is 0 Å². The summed E-state index contributed by atoms with van der Waals surface area (Å²) in [4.78, 5) is 17.6. The first-order chi connectivity index (χ1) is 9.50. The highest BCUT2D eigenvalue weighted by Crippen LogP contribution is 2.17. The van der Waals surface area contributed by atoms with Crippen molar-refractivity contribution in [2.24, 2.45) is 5.92 Å². The molecule has 2 aromatic rings. The maximum atomic E-state index is 12.4. The van der Waals surface area contributed by atoms with Gasteiger partial charge in [-0.2, -0.15) is 0 Å². The van der Waals surface area contributed by atoms with E-state index in [4.69, 9.17) is 0 Å². The molecule has 4 heteroatoms. The zero-order valence-corrected chi connectivity index (χ0v) is 12.6. The molecule has 0 aliphatic rings. The molecule has 1 unspecified atom stereocenters. The minimum atomic E-state index is -0.0114. The second-order valence-corrected chi connectivity index (χ2v) is 5.73. The van der Waals surface area contributed by atoms with E-state index in [0.29, 0.717) is 18.5 Å². The molecule has 0 aliphatic carbocycles. The van der Waals surface area contributed by atoms with Gasteiger partial charge >= 0.3 is 0 Å². The molecule has 0 fully saturated rings. The predicted octanol–water partition coefficient (Wildman–Crippen LogP) is 2.48. The fraction of sp³-hybridized carbons (Fsp3) is 0.438. The number of carbonyl (C=O) groups excluding carboxylic acids is 1. The standard InChI is InChI=1S/C16H23N3O/c1-11(2)15(19(3)4)10-18-16(20)13-6-5-7-14-12(13)8-9-17-14/h5-9,11,15,17H,10H2,1-4H3,(H,18,20). The van der Waals surface area contributed by atoms with Gasteiger partial charge in [-0.3, -0.25) is 4.79 Å². The Kier molecular flexibility index (Phi) is 4.45. The van der Waals surface area contributed by atoms with Crippen molar-refractivity contribution in [1.29, 1.82) is 0 Å². The number of nitrogens with zero attached hydrogens (tertiary/aromatic N) is 1. The lowest BCUT2D eigenvalue weighted by Crippen LogP contribution is -2.43. The van der Waals surface area contributed by atoms with E-state index in [1.807, 2.05) is 44.6 Å². The topological polar surface area (TPSA) is 48.1 Å². The van der Waals surface area contributed by atoms with E-state index in [1.165, 1.54) is 0 Å². The molecule has 1 aromatic heterocycles. The van der Waals surface area contributed by atoms with Gasteiger partial charge in [0.25, 0.3) is 5.91 Å². The molecule has 0 aliphatic heterocycles. The maximum absolute atomic E-state index is 12.4. The number of rotatable bonds is 5.